The second kappa shape index (κ2) is 5.79. The first kappa shape index (κ1) is 15.7. The number of halogens is 1. The molecule has 1 amide bonds. The molecule has 3 aromatic rings. The number of rotatable bonds is 2. The van der Waals surface area contributed by atoms with Crippen LogP contribution in [-0.2, 0) is 7.05 Å². The van der Waals surface area contributed by atoms with Gasteiger partial charge < -0.3 is 4.57 Å². The molecule has 2 heterocycles. The molecular formula is C16H14ClN3O2S. The van der Waals surface area contributed by atoms with Gasteiger partial charge in [-0.1, -0.05) is 17.7 Å². The highest BCUT2D eigenvalue weighted by Crippen LogP contribution is 2.23. The molecule has 118 valence electrons. The number of nitrogens with one attached hydrogen (secondary N) is 1. The monoisotopic (exact) mass is 347 g/mol. The first-order valence-corrected chi connectivity index (χ1v) is 8.11. The van der Waals surface area contributed by atoms with Crippen LogP contribution >= 0.6 is 22.9 Å². The maximum Gasteiger partial charge on any atom is 0.262 e. The Hall–Kier alpha value is -2.18. The van der Waals surface area contributed by atoms with Crippen LogP contribution < -0.4 is 10.7 Å². The molecule has 23 heavy (non-hydrogen) atoms. The number of thiazole rings is 1. The first-order valence-electron chi connectivity index (χ1n) is 6.91. The number of pyridine rings is 1. The Morgan fingerprint density at radius 2 is 2.09 bits per heavy atom. The van der Waals surface area contributed by atoms with Crippen LogP contribution in [0.3, 0.4) is 0 Å². The molecule has 0 aliphatic heterocycles. The number of nitrogens with zero attached hydrogens (tertiary/aromatic N) is 2. The molecule has 0 bridgehead atoms. The highest BCUT2D eigenvalue weighted by atomic mass is 35.5. The maximum atomic E-state index is 12.6. The van der Waals surface area contributed by atoms with E-state index < -0.39 is 5.91 Å². The summed E-state index contributed by atoms with van der Waals surface area (Å²) in [6, 6.07) is 5.07. The molecule has 0 unspecified atom stereocenters. The average Bonchev–Trinajstić information content (AvgIpc) is 2.80. The van der Waals surface area contributed by atoms with E-state index in [1.165, 1.54) is 17.5 Å². The number of aromatic nitrogens is 2. The summed E-state index contributed by atoms with van der Waals surface area (Å²) in [6.45, 7) is 3.80. The molecule has 2 aromatic heterocycles. The van der Waals surface area contributed by atoms with Crippen molar-refractivity contribution < 1.29 is 4.79 Å². The molecule has 1 N–H and O–H groups in total. The minimum atomic E-state index is -0.471. The molecule has 1 aromatic carbocycles. The fraction of sp³-hybridized carbons (Fsp3) is 0.188. The molecule has 0 aliphatic carbocycles. The lowest BCUT2D eigenvalue weighted by Crippen LogP contribution is -2.23. The minimum Gasteiger partial charge on any atom is -0.348 e. The molecule has 0 saturated heterocycles. The lowest BCUT2D eigenvalue weighted by atomic mass is 10.1. The lowest BCUT2D eigenvalue weighted by Gasteiger charge is -2.09. The summed E-state index contributed by atoms with van der Waals surface area (Å²) in [4.78, 5) is 30.3. The summed E-state index contributed by atoms with van der Waals surface area (Å²) in [5.41, 5.74) is 1.19. The molecule has 0 saturated carbocycles. The van der Waals surface area contributed by atoms with Gasteiger partial charge in [-0.3, -0.25) is 14.9 Å². The number of amides is 1. The van der Waals surface area contributed by atoms with Crippen molar-refractivity contribution >= 4 is 44.9 Å². The van der Waals surface area contributed by atoms with Crippen molar-refractivity contribution in [2.45, 2.75) is 13.8 Å². The quantitative estimate of drug-likeness (QED) is 0.771. The van der Waals surface area contributed by atoms with Gasteiger partial charge >= 0.3 is 0 Å². The molecule has 0 atom stereocenters. The molecule has 7 heteroatoms. The Morgan fingerprint density at radius 3 is 2.74 bits per heavy atom. The van der Waals surface area contributed by atoms with Crippen molar-refractivity contribution in [2.24, 2.45) is 7.05 Å². The molecule has 0 radical (unpaired) electrons. The third-order valence-electron chi connectivity index (χ3n) is 3.65. The van der Waals surface area contributed by atoms with Crippen LogP contribution in [0.25, 0.3) is 10.9 Å². The molecule has 5 nitrogen and oxygen atoms in total. The normalized spacial score (nSPS) is 11.0. The van der Waals surface area contributed by atoms with Gasteiger partial charge in [0.25, 0.3) is 5.91 Å². The van der Waals surface area contributed by atoms with Gasteiger partial charge in [0.1, 0.15) is 5.56 Å². The Morgan fingerprint density at radius 1 is 1.35 bits per heavy atom. The molecule has 3 rings (SSSR count). The number of para-hydroxylation sites is 1. The summed E-state index contributed by atoms with van der Waals surface area (Å²) < 4.78 is 1.69. The van der Waals surface area contributed by atoms with E-state index in [0.717, 1.165) is 10.6 Å². The van der Waals surface area contributed by atoms with E-state index in [1.54, 1.807) is 29.8 Å². The topological polar surface area (TPSA) is 64.0 Å². The summed E-state index contributed by atoms with van der Waals surface area (Å²) >= 11 is 7.53. The zero-order chi connectivity index (χ0) is 16.7. The summed E-state index contributed by atoms with van der Waals surface area (Å²) in [5.74, 6) is -0.471. The number of carbonyl (C=O) groups excluding carboxylic acids is 1. The van der Waals surface area contributed by atoms with Crippen molar-refractivity contribution in [3.63, 3.8) is 0 Å². The van der Waals surface area contributed by atoms with Crippen LogP contribution in [0.15, 0.2) is 29.2 Å². The maximum absolute atomic E-state index is 12.6. The number of fused-ring (bicyclic) bond motifs is 1. The van der Waals surface area contributed by atoms with Crippen LogP contribution in [0.2, 0.25) is 5.02 Å². The number of anilines is 1. The number of carbonyl (C=O) groups is 1. The molecular weight excluding hydrogens is 334 g/mol. The summed E-state index contributed by atoms with van der Waals surface area (Å²) in [6.07, 6.45) is 1.50. The van der Waals surface area contributed by atoms with Crippen molar-refractivity contribution in [3.8, 4) is 0 Å². The number of hydrogen-bond donors (Lipinski definition) is 1. The van der Waals surface area contributed by atoms with Gasteiger partial charge in [0.05, 0.1) is 16.2 Å². The van der Waals surface area contributed by atoms with Gasteiger partial charge in [0.2, 0.25) is 5.43 Å². The third-order valence-corrected chi connectivity index (χ3v) is 4.94. The second-order valence-corrected chi connectivity index (χ2v) is 6.84. The van der Waals surface area contributed by atoms with E-state index >= 15 is 0 Å². The number of aryl methyl sites for hydroxylation is 3. The lowest BCUT2D eigenvalue weighted by molar-refractivity contribution is 0.102. The smallest absolute Gasteiger partial charge is 0.262 e. The number of hydrogen-bond acceptors (Lipinski definition) is 4. The Kier molecular flexibility index (Phi) is 3.95. The van der Waals surface area contributed by atoms with Gasteiger partial charge in [-0.2, -0.15) is 0 Å². The number of benzene rings is 1. The van der Waals surface area contributed by atoms with Gasteiger partial charge in [-0.15, -0.1) is 11.3 Å². The van der Waals surface area contributed by atoms with Crippen LogP contribution in [-0.4, -0.2) is 15.5 Å². The zero-order valence-corrected chi connectivity index (χ0v) is 14.4. The molecule has 0 aliphatic rings. The summed E-state index contributed by atoms with van der Waals surface area (Å²) in [5, 5.41) is 4.06. The Balaban J connectivity index is 2.08. The van der Waals surface area contributed by atoms with E-state index in [2.05, 4.69) is 10.3 Å². The van der Waals surface area contributed by atoms with Gasteiger partial charge in [0.15, 0.2) is 5.13 Å². The van der Waals surface area contributed by atoms with E-state index in [1.807, 2.05) is 13.8 Å². The van der Waals surface area contributed by atoms with Crippen LogP contribution in [0, 0.1) is 13.8 Å². The highest BCUT2D eigenvalue weighted by Gasteiger charge is 2.17. The fourth-order valence-electron chi connectivity index (χ4n) is 2.37. The predicted molar refractivity (Wildman–Crippen MR) is 93.7 cm³/mol. The largest absolute Gasteiger partial charge is 0.348 e. The molecule has 0 fully saturated rings. The Labute approximate surface area is 141 Å². The van der Waals surface area contributed by atoms with Crippen LogP contribution in [0.1, 0.15) is 20.9 Å². The van der Waals surface area contributed by atoms with Gasteiger partial charge in [-0.25, -0.2) is 4.98 Å². The van der Waals surface area contributed by atoms with Crippen molar-refractivity contribution in [3.05, 3.63) is 55.8 Å². The predicted octanol–water partition coefficient (Wildman–Crippen LogP) is 3.52. The molecule has 0 spiro atoms. The van der Waals surface area contributed by atoms with Crippen molar-refractivity contribution in [2.75, 3.05) is 5.32 Å². The van der Waals surface area contributed by atoms with Crippen molar-refractivity contribution in [1.82, 2.24) is 9.55 Å². The van der Waals surface area contributed by atoms with Crippen LogP contribution in [0.5, 0.6) is 0 Å². The SMILES string of the molecule is Cc1nc(NC(=O)c2cn(C)c3c(Cl)cccc3c2=O)sc1C. The highest BCUT2D eigenvalue weighted by molar-refractivity contribution is 7.15. The van der Waals surface area contributed by atoms with Crippen LogP contribution in [0.4, 0.5) is 5.13 Å². The van der Waals surface area contributed by atoms with Crippen molar-refractivity contribution in [1.29, 1.82) is 0 Å². The zero-order valence-electron chi connectivity index (χ0n) is 12.8. The van der Waals surface area contributed by atoms with Gasteiger partial charge in [-0.05, 0) is 26.0 Å². The van der Waals surface area contributed by atoms with E-state index in [0.29, 0.717) is 21.1 Å². The summed E-state index contributed by atoms with van der Waals surface area (Å²) in [7, 11) is 1.75. The second-order valence-electron chi connectivity index (χ2n) is 5.23. The fourth-order valence-corrected chi connectivity index (χ4v) is 3.49. The van der Waals surface area contributed by atoms with E-state index in [-0.39, 0.29) is 11.0 Å². The minimum absolute atomic E-state index is 0.0628. The van der Waals surface area contributed by atoms with E-state index in [9.17, 15) is 9.59 Å². The van der Waals surface area contributed by atoms with Gasteiger partial charge in [0, 0.05) is 23.5 Å². The first-order chi connectivity index (χ1) is 10.9. The standard InChI is InChI=1S/C16H14ClN3O2S/c1-8-9(2)23-16(18-8)19-15(22)11-7-20(3)13-10(14(11)21)5-4-6-12(13)17/h4-7H,1-3H3,(H,18,19,22). The third kappa shape index (κ3) is 2.75. The Bertz CT molecular complexity index is 971. The average molecular weight is 348 g/mol. The van der Waals surface area contributed by atoms with E-state index in [4.69, 9.17) is 11.6 Å².